The van der Waals surface area contributed by atoms with Gasteiger partial charge in [0.2, 0.25) is 0 Å². The van der Waals surface area contributed by atoms with Crippen molar-refractivity contribution >= 4 is 48.6 Å². The first-order valence-electron chi connectivity index (χ1n) is 7.32. The van der Waals surface area contributed by atoms with Gasteiger partial charge in [-0.15, -0.1) is 0 Å². The minimum absolute atomic E-state index is 0.0156. The Morgan fingerprint density at radius 3 is 2.72 bits per heavy atom. The molecule has 5 nitrogen and oxygen atoms in total. The zero-order valence-electron chi connectivity index (χ0n) is 13.1. The van der Waals surface area contributed by atoms with Gasteiger partial charge in [0.15, 0.2) is 5.75 Å². The Morgan fingerprint density at radius 1 is 1.16 bits per heavy atom. The Balaban J connectivity index is 2.03. The van der Waals surface area contributed by atoms with Crippen molar-refractivity contribution in [3.63, 3.8) is 0 Å². The number of hydrogen-bond acceptors (Lipinski definition) is 5. The molecule has 0 aliphatic rings. The number of aromatic nitrogens is 1. The summed E-state index contributed by atoms with van der Waals surface area (Å²) in [6.07, 6.45) is 1.55. The standard InChI is InChI=1S/C17H13BrClNO4S/c1-2-23-16-10-11(5-6-13(16)18)25(21,22)24-15-8-7-14(19)12-4-3-9-20-17(12)15/h3-10H,2H2,1H3. The van der Waals surface area contributed by atoms with Crippen LogP contribution in [0.5, 0.6) is 11.5 Å². The van der Waals surface area contributed by atoms with Crippen LogP contribution >= 0.6 is 27.5 Å². The zero-order chi connectivity index (χ0) is 18.0. The van der Waals surface area contributed by atoms with Crippen LogP contribution in [0.15, 0.2) is 58.0 Å². The average Bonchev–Trinajstić information content (AvgIpc) is 2.59. The lowest BCUT2D eigenvalue weighted by atomic mass is 10.2. The average molecular weight is 443 g/mol. The number of benzene rings is 2. The summed E-state index contributed by atoms with van der Waals surface area (Å²) in [6, 6.07) is 11.0. The highest BCUT2D eigenvalue weighted by atomic mass is 79.9. The second kappa shape index (κ2) is 7.19. The molecule has 0 spiro atoms. The maximum absolute atomic E-state index is 12.6. The molecule has 1 aromatic heterocycles. The summed E-state index contributed by atoms with van der Waals surface area (Å²) in [5, 5.41) is 1.08. The number of fused-ring (bicyclic) bond motifs is 1. The number of nitrogens with zero attached hydrogens (tertiary/aromatic N) is 1. The normalized spacial score (nSPS) is 11.5. The van der Waals surface area contributed by atoms with Crippen molar-refractivity contribution in [1.29, 1.82) is 0 Å². The summed E-state index contributed by atoms with van der Waals surface area (Å²) in [7, 11) is -4.06. The molecule has 0 amide bonds. The van der Waals surface area contributed by atoms with E-state index in [0.717, 1.165) is 0 Å². The topological polar surface area (TPSA) is 65.5 Å². The second-order valence-electron chi connectivity index (χ2n) is 5.01. The molecular formula is C17H13BrClNO4S. The minimum atomic E-state index is -4.06. The molecule has 0 saturated carbocycles. The molecule has 3 aromatic rings. The number of hydrogen-bond donors (Lipinski definition) is 0. The van der Waals surface area contributed by atoms with Crippen molar-refractivity contribution < 1.29 is 17.3 Å². The Morgan fingerprint density at radius 2 is 1.96 bits per heavy atom. The van der Waals surface area contributed by atoms with Crippen molar-refractivity contribution in [2.45, 2.75) is 11.8 Å². The Hall–Kier alpha value is -1.83. The highest BCUT2D eigenvalue weighted by molar-refractivity contribution is 9.10. The molecule has 0 N–H and O–H groups in total. The van der Waals surface area contributed by atoms with Crippen LogP contribution in [0, 0.1) is 0 Å². The molecule has 0 saturated heterocycles. The molecule has 1 heterocycles. The van der Waals surface area contributed by atoms with Gasteiger partial charge >= 0.3 is 10.1 Å². The van der Waals surface area contributed by atoms with E-state index >= 15 is 0 Å². The first-order valence-corrected chi connectivity index (χ1v) is 9.90. The van der Waals surface area contributed by atoms with E-state index in [-0.39, 0.29) is 10.6 Å². The molecule has 0 unspecified atom stereocenters. The molecule has 8 heteroatoms. The van der Waals surface area contributed by atoms with E-state index in [1.165, 1.54) is 18.2 Å². The van der Waals surface area contributed by atoms with Crippen molar-refractivity contribution in [3.05, 3.63) is 58.2 Å². The third-order valence-corrected chi connectivity index (χ3v) is 5.59. The van der Waals surface area contributed by atoms with Crippen molar-refractivity contribution in [1.82, 2.24) is 4.98 Å². The lowest BCUT2D eigenvalue weighted by Gasteiger charge is -2.11. The maximum Gasteiger partial charge on any atom is 0.339 e. The molecule has 3 rings (SSSR count). The van der Waals surface area contributed by atoms with Gasteiger partial charge in [-0.05, 0) is 59.3 Å². The maximum atomic E-state index is 12.6. The highest BCUT2D eigenvalue weighted by Gasteiger charge is 2.21. The predicted molar refractivity (Wildman–Crippen MR) is 99.9 cm³/mol. The third kappa shape index (κ3) is 3.73. The van der Waals surface area contributed by atoms with Crippen LogP contribution in [-0.4, -0.2) is 20.0 Å². The molecular weight excluding hydrogens is 430 g/mol. The molecule has 25 heavy (non-hydrogen) atoms. The highest BCUT2D eigenvalue weighted by Crippen LogP contribution is 2.33. The van der Waals surface area contributed by atoms with Crippen molar-refractivity contribution in [2.24, 2.45) is 0 Å². The van der Waals surface area contributed by atoms with Crippen molar-refractivity contribution in [2.75, 3.05) is 6.61 Å². The summed E-state index contributed by atoms with van der Waals surface area (Å²) < 4.78 is 36.7. The molecule has 0 atom stereocenters. The van der Waals surface area contributed by atoms with Gasteiger partial charge in [-0.25, -0.2) is 0 Å². The summed E-state index contributed by atoms with van der Waals surface area (Å²) >= 11 is 9.44. The van der Waals surface area contributed by atoms with E-state index in [1.54, 1.807) is 30.5 Å². The minimum Gasteiger partial charge on any atom is -0.493 e. The van der Waals surface area contributed by atoms with Gasteiger partial charge in [0, 0.05) is 17.6 Å². The van der Waals surface area contributed by atoms with Crippen LogP contribution in [0.2, 0.25) is 5.02 Å². The Labute approximate surface area is 158 Å². The van der Waals surface area contributed by atoms with Crippen molar-refractivity contribution in [3.8, 4) is 11.5 Å². The lowest BCUT2D eigenvalue weighted by Crippen LogP contribution is -2.10. The van der Waals surface area contributed by atoms with Crippen LogP contribution in [-0.2, 0) is 10.1 Å². The third-order valence-electron chi connectivity index (χ3n) is 3.37. The van der Waals surface area contributed by atoms with E-state index in [9.17, 15) is 8.42 Å². The molecule has 0 bridgehead atoms. The van der Waals surface area contributed by atoms with E-state index in [0.29, 0.717) is 32.8 Å². The van der Waals surface area contributed by atoms with E-state index in [1.807, 2.05) is 6.92 Å². The fourth-order valence-electron chi connectivity index (χ4n) is 2.25. The van der Waals surface area contributed by atoms with Crippen LogP contribution in [0.4, 0.5) is 0 Å². The van der Waals surface area contributed by atoms with Crippen LogP contribution < -0.4 is 8.92 Å². The van der Waals surface area contributed by atoms with Gasteiger partial charge in [-0.3, -0.25) is 4.98 Å². The number of ether oxygens (including phenoxy) is 1. The molecule has 0 radical (unpaired) electrons. The van der Waals surface area contributed by atoms with Gasteiger partial charge in [0.25, 0.3) is 0 Å². The van der Waals surface area contributed by atoms with Gasteiger partial charge in [-0.2, -0.15) is 8.42 Å². The van der Waals surface area contributed by atoms with Gasteiger partial charge in [0.1, 0.15) is 16.2 Å². The van der Waals surface area contributed by atoms with Gasteiger partial charge < -0.3 is 8.92 Å². The second-order valence-corrected chi connectivity index (χ2v) is 7.82. The molecule has 2 aromatic carbocycles. The number of halogens is 2. The Bertz CT molecular complexity index is 1040. The quantitative estimate of drug-likeness (QED) is 0.530. The number of pyridine rings is 1. The van der Waals surface area contributed by atoms with Crippen LogP contribution in [0.3, 0.4) is 0 Å². The largest absolute Gasteiger partial charge is 0.493 e. The number of rotatable bonds is 5. The fourth-order valence-corrected chi connectivity index (χ4v) is 3.78. The SMILES string of the molecule is CCOc1cc(S(=O)(=O)Oc2ccc(Cl)c3cccnc23)ccc1Br. The molecule has 0 aliphatic heterocycles. The van der Waals surface area contributed by atoms with Gasteiger partial charge in [-0.1, -0.05) is 11.6 Å². The summed E-state index contributed by atoms with van der Waals surface area (Å²) in [5.41, 5.74) is 0.376. The summed E-state index contributed by atoms with van der Waals surface area (Å²) in [5.74, 6) is 0.534. The van der Waals surface area contributed by atoms with E-state index < -0.39 is 10.1 Å². The monoisotopic (exact) mass is 441 g/mol. The first kappa shape index (κ1) is 18.0. The predicted octanol–water partition coefficient (Wildman–Crippen LogP) is 4.82. The van der Waals surface area contributed by atoms with E-state index in [2.05, 4.69) is 20.9 Å². The lowest BCUT2D eigenvalue weighted by molar-refractivity contribution is 0.337. The molecule has 0 fully saturated rings. The summed E-state index contributed by atoms with van der Waals surface area (Å²) in [4.78, 5) is 4.16. The zero-order valence-corrected chi connectivity index (χ0v) is 16.2. The smallest absolute Gasteiger partial charge is 0.339 e. The van der Waals surface area contributed by atoms with Gasteiger partial charge in [0.05, 0.1) is 16.1 Å². The molecule has 130 valence electrons. The van der Waals surface area contributed by atoms with Crippen LogP contribution in [0.1, 0.15) is 6.92 Å². The molecule has 0 aliphatic carbocycles. The fraction of sp³-hybridized carbons (Fsp3) is 0.118. The van der Waals surface area contributed by atoms with Crippen LogP contribution in [0.25, 0.3) is 10.9 Å². The summed E-state index contributed by atoms with van der Waals surface area (Å²) in [6.45, 7) is 2.23. The van der Waals surface area contributed by atoms with E-state index in [4.69, 9.17) is 20.5 Å². The Kier molecular flexibility index (Phi) is 5.17. The first-order chi connectivity index (χ1) is 11.9.